The number of hydrogen-bond donors (Lipinski definition) is 0. The van der Waals surface area contributed by atoms with Gasteiger partial charge in [0.2, 0.25) is 0 Å². The first-order chi connectivity index (χ1) is 34.1. The second-order valence-corrected chi connectivity index (χ2v) is 22.7. The number of hydrogen-bond acceptors (Lipinski definition) is 18. The number of rotatable bonds is 30. The van der Waals surface area contributed by atoms with Gasteiger partial charge in [-0.3, -0.25) is 8.37 Å². The lowest BCUT2D eigenvalue weighted by Crippen LogP contribution is -2.18. The maximum Gasteiger partial charge on any atom is 0.297 e. The Balaban J connectivity index is 0.834. The first-order valence-electron chi connectivity index (χ1n) is 22.5. The van der Waals surface area contributed by atoms with Gasteiger partial charge in [-0.1, -0.05) is 82.4 Å². The summed E-state index contributed by atoms with van der Waals surface area (Å²) in [5.74, 6) is 1.49. The van der Waals surface area contributed by atoms with E-state index in [1.807, 2.05) is 26.0 Å². The first kappa shape index (κ1) is 54.2. The fourth-order valence-corrected chi connectivity index (χ4v) is 12.6. The van der Waals surface area contributed by atoms with Gasteiger partial charge in [0.1, 0.15) is 24.7 Å². The van der Waals surface area contributed by atoms with Crippen LogP contribution in [0.25, 0.3) is 30.0 Å². The lowest BCUT2D eigenvalue weighted by molar-refractivity contribution is 0.00528. The Labute approximate surface area is 426 Å². The smallest absolute Gasteiger partial charge is 0.297 e. The Morgan fingerprint density at radius 3 is 0.986 bits per heavy atom. The highest BCUT2D eigenvalue weighted by Gasteiger charge is 2.19. The standard InChI is InChI=1S/C50H56O14S6/c1-37-3-9-41(10-4-37)69(51,52)63-29-25-59-21-17-55-15-19-57-23-27-61-39-7-13-43-45(35-39)47(49-65-31-32-66-49)44-14-8-40(36-46(44)48(43)50-67-33-34-68-50)62-28-24-58-20-16-56-18-22-60-26-30-64-70(53,54)42-11-5-38(2)6-12-42/h3-14,31-36H,15-30H2,1-2H3. The van der Waals surface area contributed by atoms with Crippen LogP contribution in [0.1, 0.15) is 11.1 Å². The van der Waals surface area contributed by atoms with Crippen LogP contribution >= 0.6 is 47.0 Å². The van der Waals surface area contributed by atoms with Crippen LogP contribution in [0.5, 0.6) is 11.5 Å². The molecule has 0 amide bonds. The van der Waals surface area contributed by atoms with Crippen molar-refractivity contribution < 1.29 is 63.1 Å². The van der Waals surface area contributed by atoms with E-state index >= 15 is 0 Å². The highest BCUT2D eigenvalue weighted by atomic mass is 32.2. The fourth-order valence-electron chi connectivity index (χ4n) is 6.93. The SMILES string of the molecule is Cc1ccc(S(=O)(=O)OCCOCCOCCOCCOc2ccc3c(=C4SC=CS4)c4cc(OCCOCCOCCOCCOS(=O)(=O)c5ccc(C)cc5)ccc4c(=C4SC=CS4)c3c2)cc1. The molecule has 0 saturated heterocycles. The van der Waals surface area contributed by atoms with Crippen molar-refractivity contribution in [2.24, 2.45) is 0 Å². The molecule has 2 heterocycles. The van der Waals surface area contributed by atoms with E-state index in [0.29, 0.717) is 79.3 Å². The highest BCUT2D eigenvalue weighted by Crippen LogP contribution is 2.41. The largest absolute Gasteiger partial charge is 0.491 e. The van der Waals surface area contributed by atoms with Crippen molar-refractivity contribution in [3.63, 3.8) is 0 Å². The van der Waals surface area contributed by atoms with Crippen LogP contribution in [-0.2, 0) is 57.0 Å². The van der Waals surface area contributed by atoms with Crippen molar-refractivity contribution >= 4 is 97.3 Å². The fraction of sp³-hybridized carbons (Fsp3) is 0.360. The van der Waals surface area contributed by atoms with E-state index in [2.05, 4.69) is 45.9 Å². The molecule has 5 aromatic rings. The van der Waals surface area contributed by atoms with E-state index in [1.54, 1.807) is 71.3 Å². The summed E-state index contributed by atoms with van der Waals surface area (Å²) in [5, 5.41) is 15.2. The molecular formula is C50H56O14S6. The summed E-state index contributed by atoms with van der Waals surface area (Å²) >= 11 is 6.85. The van der Waals surface area contributed by atoms with Crippen LogP contribution in [0, 0.1) is 13.8 Å². The highest BCUT2D eigenvalue weighted by molar-refractivity contribution is 8.35. The molecule has 0 spiro atoms. The van der Waals surface area contributed by atoms with Gasteiger partial charge >= 0.3 is 0 Å². The van der Waals surface area contributed by atoms with E-state index in [-0.39, 0.29) is 36.2 Å². The van der Waals surface area contributed by atoms with Crippen LogP contribution in [0.3, 0.4) is 0 Å². The molecule has 2 aliphatic heterocycles. The summed E-state index contributed by atoms with van der Waals surface area (Å²) in [4.78, 5) is 0.236. The second kappa shape index (κ2) is 28.0. The minimum absolute atomic E-state index is 0.0808. The molecule has 0 bridgehead atoms. The molecule has 0 N–H and O–H groups in total. The molecule has 5 aromatic carbocycles. The minimum Gasteiger partial charge on any atom is -0.491 e. The molecule has 0 radical (unpaired) electrons. The molecule has 7 rings (SSSR count). The van der Waals surface area contributed by atoms with Crippen molar-refractivity contribution in [3.8, 4) is 11.5 Å². The van der Waals surface area contributed by atoms with Crippen molar-refractivity contribution in [1.82, 2.24) is 0 Å². The number of fused-ring (bicyclic) bond motifs is 2. The predicted molar refractivity (Wildman–Crippen MR) is 281 cm³/mol. The second-order valence-electron chi connectivity index (χ2n) is 15.3. The Hall–Kier alpha value is -3.58. The molecule has 14 nitrogen and oxygen atoms in total. The van der Waals surface area contributed by atoms with Crippen LogP contribution in [0.4, 0.5) is 0 Å². The Bertz CT molecular complexity index is 2690. The molecule has 0 atom stereocenters. The molecule has 70 heavy (non-hydrogen) atoms. The summed E-state index contributed by atoms with van der Waals surface area (Å²) in [6.07, 6.45) is 0. The molecule has 376 valence electrons. The Kier molecular flexibility index (Phi) is 21.7. The predicted octanol–water partition coefficient (Wildman–Crippen LogP) is 8.31. The average molecular weight is 1070 g/mol. The average Bonchev–Trinajstić information content (AvgIpc) is 4.10. The van der Waals surface area contributed by atoms with Gasteiger partial charge in [-0.15, -0.1) is 0 Å². The van der Waals surface area contributed by atoms with Crippen molar-refractivity contribution in [1.29, 1.82) is 0 Å². The molecule has 0 saturated carbocycles. The van der Waals surface area contributed by atoms with Crippen LogP contribution in [0.2, 0.25) is 0 Å². The van der Waals surface area contributed by atoms with Crippen LogP contribution in [-0.4, -0.2) is 123 Å². The molecule has 20 heteroatoms. The lowest BCUT2D eigenvalue weighted by Gasteiger charge is -2.15. The molecule has 0 aliphatic carbocycles. The third-order valence-electron chi connectivity index (χ3n) is 10.3. The van der Waals surface area contributed by atoms with Gasteiger partial charge in [-0.05, 0) is 118 Å². The zero-order chi connectivity index (χ0) is 49.0. The molecular weight excluding hydrogens is 1020 g/mol. The van der Waals surface area contributed by atoms with Crippen molar-refractivity contribution in [2.75, 3.05) is 106 Å². The monoisotopic (exact) mass is 1070 g/mol. The molecule has 0 fully saturated rings. The minimum atomic E-state index is -3.82. The van der Waals surface area contributed by atoms with E-state index < -0.39 is 20.2 Å². The van der Waals surface area contributed by atoms with E-state index in [1.165, 1.54) is 32.7 Å². The summed E-state index contributed by atoms with van der Waals surface area (Å²) in [5.41, 5.74) is 1.93. The Morgan fingerprint density at radius 2 is 0.657 bits per heavy atom. The molecule has 0 unspecified atom stereocenters. The van der Waals surface area contributed by atoms with E-state index in [9.17, 15) is 16.8 Å². The number of ether oxygens (including phenoxy) is 8. The topological polar surface area (TPSA) is 161 Å². The first-order valence-corrected chi connectivity index (χ1v) is 28.8. The van der Waals surface area contributed by atoms with Gasteiger partial charge in [-0.2, -0.15) is 16.8 Å². The summed E-state index contributed by atoms with van der Waals surface area (Å²) < 4.78 is 108. The quantitative estimate of drug-likeness (QED) is 0.0245. The lowest BCUT2D eigenvalue weighted by atomic mass is 9.98. The summed E-state index contributed by atoms with van der Waals surface area (Å²) in [6.45, 7) is 8.16. The van der Waals surface area contributed by atoms with Gasteiger partial charge in [0, 0.05) is 10.4 Å². The number of aryl methyl sites for hydroxylation is 2. The van der Waals surface area contributed by atoms with Crippen LogP contribution < -0.4 is 19.9 Å². The van der Waals surface area contributed by atoms with Crippen LogP contribution in [0.15, 0.2) is 116 Å². The van der Waals surface area contributed by atoms with Gasteiger partial charge in [0.25, 0.3) is 20.2 Å². The van der Waals surface area contributed by atoms with E-state index in [4.69, 9.17) is 46.3 Å². The van der Waals surface area contributed by atoms with Gasteiger partial charge < -0.3 is 37.9 Å². The molecule has 0 aromatic heterocycles. The number of benzene rings is 5. The maximum absolute atomic E-state index is 12.3. The Morgan fingerprint density at radius 1 is 0.357 bits per heavy atom. The van der Waals surface area contributed by atoms with Crippen molar-refractivity contribution in [3.05, 3.63) is 128 Å². The third-order valence-corrected chi connectivity index (χ3v) is 17.2. The molecule has 2 aliphatic rings. The van der Waals surface area contributed by atoms with Crippen molar-refractivity contribution in [2.45, 2.75) is 23.6 Å². The third kappa shape index (κ3) is 16.2. The maximum atomic E-state index is 12.3. The zero-order valence-electron chi connectivity index (χ0n) is 38.9. The van der Waals surface area contributed by atoms with Gasteiger partial charge in [0.15, 0.2) is 0 Å². The summed E-state index contributed by atoms with van der Waals surface area (Å²) in [7, 11) is -7.64. The summed E-state index contributed by atoms with van der Waals surface area (Å²) in [6, 6.07) is 25.5. The van der Waals surface area contributed by atoms with E-state index in [0.717, 1.165) is 54.6 Å². The normalized spacial score (nSPS) is 13.9. The number of thioether (sulfide) groups is 4. The van der Waals surface area contributed by atoms with Gasteiger partial charge in [0.05, 0.1) is 111 Å². The zero-order valence-corrected chi connectivity index (χ0v) is 43.8. The van der Waals surface area contributed by atoms with Gasteiger partial charge in [-0.25, -0.2) is 0 Å².